The van der Waals surface area contributed by atoms with Gasteiger partial charge in [-0.15, -0.1) is 0 Å². The summed E-state index contributed by atoms with van der Waals surface area (Å²) in [4.78, 5) is 6.66. The number of hydrogen-bond acceptors (Lipinski definition) is 3. The number of H-pyrrole nitrogens is 1. The Kier molecular flexibility index (Phi) is 2.70. The van der Waals surface area contributed by atoms with Crippen LogP contribution in [0.3, 0.4) is 0 Å². The van der Waals surface area contributed by atoms with Gasteiger partial charge in [0.05, 0.1) is 14.9 Å². The van der Waals surface area contributed by atoms with Crippen molar-refractivity contribution in [2.24, 2.45) is 0 Å². The third-order valence-corrected chi connectivity index (χ3v) is 4.40. The highest BCUT2D eigenvalue weighted by Gasteiger charge is 2.18. The topological polar surface area (TPSA) is 62.8 Å². The third-order valence-electron chi connectivity index (χ3n) is 1.79. The molecule has 80 valence electrons. The van der Waals surface area contributed by atoms with Crippen molar-refractivity contribution in [3.63, 3.8) is 0 Å². The van der Waals surface area contributed by atoms with Crippen LogP contribution in [0.4, 0.5) is 0 Å². The number of nitrogens with one attached hydrogen (secondary N) is 1. The standard InChI is InChI=1S/C7H3BrCl2N2O2S/c8-5-4(15(10,13)14)2-1-3-6(5)12-7(9)11-3/h1-2H,(H,11,12). The summed E-state index contributed by atoms with van der Waals surface area (Å²) in [5.41, 5.74) is 1.07. The smallest absolute Gasteiger partial charge is 0.262 e. The highest BCUT2D eigenvalue weighted by molar-refractivity contribution is 9.10. The minimum Gasteiger partial charge on any atom is -0.329 e. The molecular weight excluding hydrogens is 327 g/mol. The van der Waals surface area contributed by atoms with Gasteiger partial charge in [0.2, 0.25) is 5.28 Å². The molecule has 0 atom stereocenters. The predicted molar refractivity (Wildman–Crippen MR) is 61.8 cm³/mol. The molecular formula is C7H3BrCl2N2O2S. The quantitative estimate of drug-likeness (QED) is 0.818. The number of nitrogens with zero attached hydrogens (tertiary/aromatic N) is 1. The van der Waals surface area contributed by atoms with Gasteiger partial charge < -0.3 is 4.98 Å². The van der Waals surface area contributed by atoms with E-state index < -0.39 is 9.05 Å². The van der Waals surface area contributed by atoms with Gasteiger partial charge in [0, 0.05) is 10.7 Å². The summed E-state index contributed by atoms with van der Waals surface area (Å²) in [6.07, 6.45) is 0. The maximum absolute atomic E-state index is 11.2. The van der Waals surface area contributed by atoms with E-state index in [1.165, 1.54) is 6.07 Å². The number of benzene rings is 1. The minimum absolute atomic E-state index is 0.0279. The van der Waals surface area contributed by atoms with Crippen LogP contribution < -0.4 is 0 Å². The molecule has 8 heteroatoms. The Labute approximate surface area is 103 Å². The predicted octanol–water partition coefficient (Wildman–Crippen LogP) is 2.91. The van der Waals surface area contributed by atoms with Crippen LogP contribution in [0.25, 0.3) is 11.0 Å². The van der Waals surface area contributed by atoms with E-state index in [0.29, 0.717) is 15.5 Å². The number of rotatable bonds is 1. The lowest BCUT2D eigenvalue weighted by Crippen LogP contribution is -1.92. The van der Waals surface area contributed by atoms with E-state index >= 15 is 0 Å². The lowest BCUT2D eigenvalue weighted by molar-refractivity contribution is 0.609. The van der Waals surface area contributed by atoms with E-state index in [9.17, 15) is 8.42 Å². The zero-order valence-corrected chi connectivity index (χ0v) is 10.9. The Morgan fingerprint density at radius 3 is 2.67 bits per heavy atom. The second kappa shape index (κ2) is 3.62. The highest BCUT2D eigenvalue weighted by atomic mass is 79.9. The van der Waals surface area contributed by atoms with Gasteiger partial charge in [-0.05, 0) is 39.7 Å². The van der Waals surface area contributed by atoms with Crippen molar-refractivity contribution in [3.05, 3.63) is 21.9 Å². The van der Waals surface area contributed by atoms with Gasteiger partial charge in [-0.1, -0.05) is 0 Å². The fourth-order valence-electron chi connectivity index (χ4n) is 1.18. The Hall–Kier alpha value is -0.300. The Balaban J connectivity index is 2.87. The lowest BCUT2D eigenvalue weighted by Gasteiger charge is -1.99. The normalized spacial score (nSPS) is 12.2. The van der Waals surface area contributed by atoms with Crippen molar-refractivity contribution in [2.45, 2.75) is 4.90 Å². The van der Waals surface area contributed by atoms with Gasteiger partial charge in [-0.2, -0.15) is 0 Å². The first kappa shape index (κ1) is 11.2. The summed E-state index contributed by atoms with van der Waals surface area (Å²) in [5.74, 6) is 0. The molecule has 0 aliphatic carbocycles. The van der Waals surface area contributed by atoms with E-state index in [1.807, 2.05) is 0 Å². The second-order valence-corrected chi connectivity index (χ2v) is 6.42. The maximum Gasteiger partial charge on any atom is 0.262 e. The van der Waals surface area contributed by atoms with E-state index in [2.05, 4.69) is 25.9 Å². The van der Waals surface area contributed by atoms with E-state index in [0.717, 1.165) is 0 Å². The number of halogens is 3. The lowest BCUT2D eigenvalue weighted by atomic mass is 10.3. The zero-order chi connectivity index (χ0) is 11.2. The molecule has 0 saturated carbocycles. The molecule has 0 saturated heterocycles. The summed E-state index contributed by atoms with van der Waals surface area (Å²) in [7, 11) is 1.45. The van der Waals surface area contributed by atoms with Crippen LogP contribution in [0, 0.1) is 0 Å². The average Bonchev–Trinajstić information content (AvgIpc) is 2.44. The first-order valence-corrected chi connectivity index (χ1v) is 7.16. The van der Waals surface area contributed by atoms with Crippen LogP contribution >= 0.6 is 38.2 Å². The third kappa shape index (κ3) is 1.99. The van der Waals surface area contributed by atoms with E-state index in [-0.39, 0.29) is 10.2 Å². The van der Waals surface area contributed by atoms with Crippen molar-refractivity contribution >= 4 is 58.3 Å². The van der Waals surface area contributed by atoms with Crippen LogP contribution in [0.15, 0.2) is 21.5 Å². The first-order chi connectivity index (χ1) is 6.89. The molecule has 1 heterocycles. The van der Waals surface area contributed by atoms with Crippen molar-refractivity contribution in [2.75, 3.05) is 0 Å². The maximum atomic E-state index is 11.2. The first-order valence-electron chi connectivity index (χ1n) is 3.68. The number of aromatic amines is 1. The Morgan fingerprint density at radius 1 is 1.40 bits per heavy atom. The molecule has 15 heavy (non-hydrogen) atoms. The van der Waals surface area contributed by atoms with Crippen LogP contribution in [-0.2, 0) is 9.05 Å². The summed E-state index contributed by atoms with van der Waals surface area (Å²) < 4.78 is 22.6. The molecule has 1 N–H and O–H groups in total. The molecule has 0 bridgehead atoms. The molecule has 2 aromatic rings. The van der Waals surface area contributed by atoms with Gasteiger partial charge in [0.1, 0.15) is 5.52 Å². The average molecular weight is 330 g/mol. The van der Waals surface area contributed by atoms with Crippen LogP contribution in [0.2, 0.25) is 5.28 Å². The molecule has 1 aromatic carbocycles. The van der Waals surface area contributed by atoms with E-state index in [1.54, 1.807) is 6.07 Å². The molecule has 0 aliphatic rings. The number of fused-ring (bicyclic) bond motifs is 1. The van der Waals surface area contributed by atoms with Gasteiger partial charge in [-0.25, -0.2) is 13.4 Å². The van der Waals surface area contributed by atoms with Gasteiger partial charge in [0.15, 0.2) is 0 Å². The molecule has 0 fully saturated rings. The molecule has 0 unspecified atom stereocenters. The molecule has 0 amide bonds. The summed E-state index contributed by atoms with van der Waals surface area (Å²) in [6, 6.07) is 2.93. The van der Waals surface area contributed by atoms with Crippen molar-refractivity contribution in [3.8, 4) is 0 Å². The van der Waals surface area contributed by atoms with Gasteiger partial charge in [0.25, 0.3) is 9.05 Å². The van der Waals surface area contributed by atoms with Crippen molar-refractivity contribution in [1.29, 1.82) is 0 Å². The number of hydrogen-bond donors (Lipinski definition) is 1. The van der Waals surface area contributed by atoms with Gasteiger partial charge >= 0.3 is 0 Å². The second-order valence-electron chi connectivity index (χ2n) is 2.74. The molecule has 0 spiro atoms. The fourth-order valence-corrected chi connectivity index (χ4v) is 3.65. The molecule has 1 aromatic heterocycles. The van der Waals surface area contributed by atoms with E-state index in [4.69, 9.17) is 22.3 Å². The summed E-state index contributed by atoms with van der Waals surface area (Å²) >= 11 is 8.78. The van der Waals surface area contributed by atoms with Gasteiger partial charge in [-0.3, -0.25) is 0 Å². The Morgan fingerprint density at radius 2 is 2.07 bits per heavy atom. The number of imidazole rings is 1. The molecule has 2 rings (SSSR count). The van der Waals surface area contributed by atoms with Crippen LogP contribution in [0.1, 0.15) is 0 Å². The molecule has 4 nitrogen and oxygen atoms in total. The van der Waals surface area contributed by atoms with Crippen LogP contribution in [-0.4, -0.2) is 18.4 Å². The fraction of sp³-hybridized carbons (Fsp3) is 0. The van der Waals surface area contributed by atoms with Crippen molar-refractivity contribution in [1.82, 2.24) is 9.97 Å². The zero-order valence-electron chi connectivity index (χ0n) is 6.96. The molecule has 0 aliphatic heterocycles. The van der Waals surface area contributed by atoms with Crippen molar-refractivity contribution < 1.29 is 8.42 Å². The largest absolute Gasteiger partial charge is 0.329 e. The monoisotopic (exact) mass is 328 g/mol. The summed E-state index contributed by atoms with van der Waals surface area (Å²) in [6.45, 7) is 0. The summed E-state index contributed by atoms with van der Waals surface area (Å²) in [5, 5.41) is 0.190. The minimum atomic E-state index is -3.79. The molecule has 0 radical (unpaired) electrons. The number of aromatic nitrogens is 2. The highest BCUT2D eigenvalue weighted by Crippen LogP contribution is 2.31. The Bertz CT molecular complexity index is 638. The van der Waals surface area contributed by atoms with Crippen LogP contribution in [0.5, 0.6) is 0 Å². The SMILES string of the molecule is O=S(=O)(Cl)c1ccc2[nH]c(Cl)nc2c1Br.